The first kappa shape index (κ1) is 9.52. The first-order valence-electron chi connectivity index (χ1n) is 4.52. The summed E-state index contributed by atoms with van der Waals surface area (Å²) in [6.07, 6.45) is 1.56. The third-order valence-corrected chi connectivity index (χ3v) is 2.05. The SMILES string of the molecule is CCOC(=O)C1CCC(C)CO1. The quantitative estimate of drug-likeness (QED) is 0.590. The van der Waals surface area contributed by atoms with Crippen LogP contribution in [0.1, 0.15) is 26.7 Å². The molecule has 0 radical (unpaired) electrons. The molecule has 0 amide bonds. The number of hydrogen-bond acceptors (Lipinski definition) is 3. The maximum Gasteiger partial charge on any atom is 0.335 e. The van der Waals surface area contributed by atoms with Crippen LogP contribution in [0.15, 0.2) is 0 Å². The van der Waals surface area contributed by atoms with Gasteiger partial charge in [0, 0.05) is 0 Å². The van der Waals surface area contributed by atoms with Crippen molar-refractivity contribution in [3.8, 4) is 0 Å². The summed E-state index contributed by atoms with van der Waals surface area (Å²) < 4.78 is 10.2. The highest BCUT2D eigenvalue weighted by Crippen LogP contribution is 2.18. The van der Waals surface area contributed by atoms with E-state index in [0.717, 1.165) is 12.8 Å². The molecule has 1 heterocycles. The van der Waals surface area contributed by atoms with E-state index in [-0.39, 0.29) is 12.1 Å². The lowest BCUT2D eigenvalue weighted by molar-refractivity contribution is -0.161. The number of ether oxygens (including phenoxy) is 2. The Morgan fingerprint density at radius 3 is 2.83 bits per heavy atom. The highest BCUT2D eigenvalue weighted by molar-refractivity contribution is 5.74. The number of carbonyl (C=O) groups excluding carboxylic acids is 1. The molecule has 0 N–H and O–H groups in total. The third-order valence-electron chi connectivity index (χ3n) is 2.05. The summed E-state index contributed by atoms with van der Waals surface area (Å²) in [6.45, 7) is 5.06. The van der Waals surface area contributed by atoms with Crippen LogP contribution in [0, 0.1) is 5.92 Å². The molecule has 0 aromatic carbocycles. The monoisotopic (exact) mass is 172 g/mol. The summed E-state index contributed by atoms with van der Waals surface area (Å²) >= 11 is 0. The minimum Gasteiger partial charge on any atom is -0.464 e. The van der Waals surface area contributed by atoms with Crippen molar-refractivity contribution < 1.29 is 14.3 Å². The zero-order chi connectivity index (χ0) is 8.97. The Bertz CT molecular complexity index is 148. The van der Waals surface area contributed by atoms with Gasteiger partial charge in [0.15, 0.2) is 6.10 Å². The summed E-state index contributed by atoms with van der Waals surface area (Å²) in [5, 5.41) is 0. The van der Waals surface area contributed by atoms with E-state index in [2.05, 4.69) is 6.92 Å². The average Bonchev–Trinajstić information content (AvgIpc) is 2.06. The van der Waals surface area contributed by atoms with E-state index in [1.165, 1.54) is 0 Å². The lowest BCUT2D eigenvalue weighted by Crippen LogP contribution is -2.32. The van der Waals surface area contributed by atoms with Crippen molar-refractivity contribution >= 4 is 5.97 Å². The normalized spacial score (nSPS) is 29.8. The largest absolute Gasteiger partial charge is 0.464 e. The van der Waals surface area contributed by atoms with E-state index in [4.69, 9.17) is 9.47 Å². The van der Waals surface area contributed by atoms with Gasteiger partial charge in [-0.1, -0.05) is 6.92 Å². The van der Waals surface area contributed by atoms with Crippen molar-refractivity contribution in [1.82, 2.24) is 0 Å². The van der Waals surface area contributed by atoms with Gasteiger partial charge in [-0.15, -0.1) is 0 Å². The highest BCUT2D eigenvalue weighted by atomic mass is 16.6. The predicted molar refractivity (Wildman–Crippen MR) is 44.8 cm³/mol. The predicted octanol–water partition coefficient (Wildman–Crippen LogP) is 1.36. The molecule has 0 aromatic rings. The van der Waals surface area contributed by atoms with Gasteiger partial charge in [0.25, 0.3) is 0 Å². The van der Waals surface area contributed by atoms with E-state index >= 15 is 0 Å². The van der Waals surface area contributed by atoms with Crippen LogP contribution in [0.4, 0.5) is 0 Å². The fourth-order valence-corrected chi connectivity index (χ4v) is 1.30. The van der Waals surface area contributed by atoms with Crippen LogP contribution in [0.2, 0.25) is 0 Å². The molecule has 1 rings (SSSR count). The molecule has 2 unspecified atom stereocenters. The van der Waals surface area contributed by atoms with Crippen LogP contribution in [-0.4, -0.2) is 25.3 Å². The molecule has 3 nitrogen and oxygen atoms in total. The number of rotatable bonds is 2. The summed E-state index contributed by atoms with van der Waals surface area (Å²) in [4.78, 5) is 11.2. The Morgan fingerprint density at radius 1 is 1.58 bits per heavy atom. The van der Waals surface area contributed by atoms with Gasteiger partial charge in [0.2, 0.25) is 0 Å². The fourth-order valence-electron chi connectivity index (χ4n) is 1.30. The first-order valence-corrected chi connectivity index (χ1v) is 4.52. The zero-order valence-corrected chi connectivity index (χ0v) is 7.71. The van der Waals surface area contributed by atoms with Gasteiger partial charge in [-0.05, 0) is 25.7 Å². The lowest BCUT2D eigenvalue weighted by atomic mass is 10.0. The van der Waals surface area contributed by atoms with E-state index in [0.29, 0.717) is 19.1 Å². The van der Waals surface area contributed by atoms with E-state index in [1.54, 1.807) is 0 Å². The minimum absolute atomic E-state index is 0.204. The Labute approximate surface area is 73.0 Å². The van der Waals surface area contributed by atoms with Crippen molar-refractivity contribution in [2.75, 3.05) is 13.2 Å². The zero-order valence-electron chi connectivity index (χ0n) is 7.71. The van der Waals surface area contributed by atoms with Crippen LogP contribution < -0.4 is 0 Å². The molecular weight excluding hydrogens is 156 g/mol. The minimum atomic E-state index is -0.304. The Morgan fingerprint density at radius 2 is 2.33 bits per heavy atom. The topological polar surface area (TPSA) is 35.5 Å². The molecule has 0 bridgehead atoms. The van der Waals surface area contributed by atoms with Gasteiger partial charge in [0.05, 0.1) is 13.2 Å². The van der Waals surface area contributed by atoms with Gasteiger partial charge < -0.3 is 9.47 Å². The molecule has 0 aliphatic carbocycles. The van der Waals surface area contributed by atoms with Crippen LogP contribution >= 0.6 is 0 Å². The van der Waals surface area contributed by atoms with Gasteiger partial charge >= 0.3 is 5.97 Å². The van der Waals surface area contributed by atoms with E-state index < -0.39 is 0 Å². The molecule has 1 fully saturated rings. The van der Waals surface area contributed by atoms with Crippen LogP contribution in [0.5, 0.6) is 0 Å². The Kier molecular flexibility index (Phi) is 3.53. The van der Waals surface area contributed by atoms with Gasteiger partial charge in [-0.3, -0.25) is 0 Å². The highest BCUT2D eigenvalue weighted by Gasteiger charge is 2.25. The van der Waals surface area contributed by atoms with Gasteiger partial charge in [-0.25, -0.2) is 4.79 Å². The summed E-state index contributed by atoms with van der Waals surface area (Å²) in [5.74, 6) is 0.375. The van der Waals surface area contributed by atoms with Crippen molar-refractivity contribution in [3.63, 3.8) is 0 Å². The Balaban J connectivity index is 2.29. The summed E-state index contributed by atoms with van der Waals surface area (Å²) in [6, 6.07) is 0. The van der Waals surface area contributed by atoms with Crippen molar-refractivity contribution in [2.45, 2.75) is 32.8 Å². The molecule has 2 atom stereocenters. The summed E-state index contributed by atoms with van der Waals surface area (Å²) in [5.41, 5.74) is 0. The second kappa shape index (κ2) is 4.45. The van der Waals surface area contributed by atoms with E-state index in [1.807, 2.05) is 6.92 Å². The number of carbonyl (C=O) groups is 1. The molecule has 0 spiro atoms. The standard InChI is InChI=1S/C9H16O3/c1-3-11-9(10)8-5-4-7(2)6-12-8/h7-8H,3-6H2,1-2H3. The molecule has 0 aromatic heterocycles. The van der Waals surface area contributed by atoms with Crippen LogP contribution in [-0.2, 0) is 14.3 Å². The smallest absolute Gasteiger partial charge is 0.335 e. The second-order valence-corrected chi connectivity index (χ2v) is 3.26. The number of esters is 1. The van der Waals surface area contributed by atoms with Crippen LogP contribution in [0.3, 0.4) is 0 Å². The second-order valence-electron chi connectivity index (χ2n) is 3.26. The molecule has 70 valence electrons. The molecule has 1 aliphatic rings. The molecular formula is C9H16O3. The fraction of sp³-hybridized carbons (Fsp3) is 0.889. The molecule has 0 saturated carbocycles. The molecule has 3 heteroatoms. The Hall–Kier alpha value is -0.570. The van der Waals surface area contributed by atoms with Gasteiger partial charge in [-0.2, -0.15) is 0 Å². The van der Waals surface area contributed by atoms with E-state index in [9.17, 15) is 4.79 Å². The maximum atomic E-state index is 11.2. The molecule has 1 aliphatic heterocycles. The molecule has 1 saturated heterocycles. The first-order chi connectivity index (χ1) is 5.74. The van der Waals surface area contributed by atoms with Crippen molar-refractivity contribution in [3.05, 3.63) is 0 Å². The third kappa shape index (κ3) is 2.48. The van der Waals surface area contributed by atoms with Crippen LogP contribution in [0.25, 0.3) is 0 Å². The summed E-state index contributed by atoms with van der Waals surface area (Å²) in [7, 11) is 0. The molecule has 12 heavy (non-hydrogen) atoms. The van der Waals surface area contributed by atoms with Gasteiger partial charge in [0.1, 0.15) is 0 Å². The number of hydrogen-bond donors (Lipinski definition) is 0. The van der Waals surface area contributed by atoms with Crippen molar-refractivity contribution in [1.29, 1.82) is 0 Å². The average molecular weight is 172 g/mol. The van der Waals surface area contributed by atoms with Crippen molar-refractivity contribution in [2.24, 2.45) is 5.92 Å². The lowest BCUT2D eigenvalue weighted by Gasteiger charge is -2.24. The maximum absolute atomic E-state index is 11.2.